The highest BCUT2D eigenvalue weighted by molar-refractivity contribution is 6.31. The molecule has 0 unspecified atom stereocenters. The number of piperidine rings is 1. The Morgan fingerprint density at radius 2 is 2.05 bits per heavy atom. The van der Waals surface area contributed by atoms with Gasteiger partial charge in [0.2, 0.25) is 0 Å². The lowest BCUT2D eigenvalue weighted by Gasteiger charge is -2.32. The number of nitrogens with one attached hydrogen (secondary N) is 1. The van der Waals surface area contributed by atoms with E-state index in [0.29, 0.717) is 17.0 Å². The minimum Gasteiger partial charge on any atom is -0.339 e. The van der Waals surface area contributed by atoms with Crippen LogP contribution in [0.25, 0.3) is 0 Å². The van der Waals surface area contributed by atoms with Crippen LogP contribution in [0, 0.1) is 5.92 Å². The van der Waals surface area contributed by atoms with Crippen molar-refractivity contribution in [2.45, 2.75) is 38.6 Å². The highest BCUT2D eigenvalue weighted by atomic mass is 35.5. The molecule has 5 heteroatoms. The third-order valence-corrected chi connectivity index (χ3v) is 4.77. The molecule has 3 rings (SSSR count). The molecular formula is C16H24ClN3O. The maximum atomic E-state index is 12.7. The highest BCUT2D eigenvalue weighted by Crippen LogP contribution is 2.37. The van der Waals surface area contributed by atoms with Crippen molar-refractivity contribution in [3.05, 3.63) is 23.0 Å². The average Bonchev–Trinajstić information content (AvgIpc) is 3.27. The molecule has 1 amide bonds. The van der Waals surface area contributed by atoms with Crippen LogP contribution < -0.4 is 5.32 Å². The fourth-order valence-corrected chi connectivity index (χ4v) is 3.33. The summed E-state index contributed by atoms with van der Waals surface area (Å²) < 4.78 is 2.08. The summed E-state index contributed by atoms with van der Waals surface area (Å²) in [6.45, 7) is 5.95. The Morgan fingerprint density at radius 3 is 2.67 bits per heavy atom. The van der Waals surface area contributed by atoms with Gasteiger partial charge in [0.05, 0.1) is 5.02 Å². The first-order valence-electron chi connectivity index (χ1n) is 8.06. The lowest BCUT2D eigenvalue weighted by atomic mass is 9.96. The van der Waals surface area contributed by atoms with E-state index < -0.39 is 0 Å². The van der Waals surface area contributed by atoms with Gasteiger partial charge in [0.1, 0.15) is 5.69 Å². The third-order valence-electron chi connectivity index (χ3n) is 4.56. The molecule has 0 aromatic carbocycles. The average molecular weight is 310 g/mol. The van der Waals surface area contributed by atoms with Gasteiger partial charge in [0.15, 0.2) is 0 Å². The van der Waals surface area contributed by atoms with Crippen LogP contribution in [0.1, 0.15) is 49.1 Å². The van der Waals surface area contributed by atoms with E-state index in [9.17, 15) is 4.79 Å². The molecular weight excluding hydrogens is 286 g/mol. The molecule has 1 saturated heterocycles. The maximum absolute atomic E-state index is 12.7. The van der Waals surface area contributed by atoms with Gasteiger partial charge in [0.25, 0.3) is 5.91 Å². The van der Waals surface area contributed by atoms with E-state index in [4.69, 9.17) is 11.6 Å². The summed E-state index contributed by atoms with van der Waals surface area (Å²) in [5.74, 6) is 0.850. The number of amides is 1. The summed E-state index contributed by atoms with van der Waals surface area (Å²) in [7, 11) is 0. The Kier molecular flexibility index (Phi) is 4.55. The van der Waals surface area contributed by atoms with Gasteiger partial charge in [-0.2, -0.15) is 0 Å². The lowest BCUT2D eigenvalue weighted by Crippen LogP contribution is -2.41. The zero-order chi connectivity index (χ0) is 14.8. The minimum absolute atomic E-state index is 0.149. The van der Waals surface area contributed by atoms with E-state index in [2.05, 4.69) is 16.8 Å². The predicted octanol–water partition coefficient (Wildman–Crippen LogP) is 2.94. The van der Waals surface area contributed by atoms with Crippen LogP contribution in [0.15, 0.2) is 12.3 Å². The summed E-state index contributed by atoms with van der Waals surface area (Å²) in [4.78, 5) is 14.7. The van der Waals surface area contributed by atoms with E-state index in [1.165, 1.54) is 0 Å². The largest absolute Gasteiger partial charge is 0.339 e. The van der Waals surface area contributed by atoms with Gasteiger partial charge in [-0.05, 0) is 50.8 Å². The third kappa shape index (κ3) is 3.43. The first kappa shape index (κ1) is 14.9. The van der Waals surface area contributed by atoms with E-state index in [-0.39, 0.29) is 5.91 Å². The first-order valence-corrected chi connectivity index (χ1v) is 8.44. The molecule has 1 aliphatic carbocycles. The van der Waals surface area contributed by atoms with Crippen molar-refractivity contribution in [1.82, 2.24) is 14.8 Å². The monoisotopic (exact) mass is 309 g/mol. The van der Waals surface area contributed by atoms with Crippen LogP contribution in [0.3, 0.4) is 0 Å². The summed E-state index contributed by atoms with van der Waals surface area (Å²) in [6.07, 6.45) is 6.42. The normalized spacial score (nSPS) is 20.0. The molecule has 2 heterocycles. The molecule has 1 aromatic rings. The summed E-state index contributed by atoms with van der Waals surface area (Å²) >= 11 is 6.10. The molecule has 1 N–H and O–H groups in total. The fraction of sp³-hybridized carbons (Fsp3) is 0.688. The maximum Gasteiger partial charge on any atom is 0.270 e. The van der Waals surface area contributed by atoms with Crippen LogP contribution in [0.2, 0.25) is 5.02 Å². The fourth-order valence-electron chi connectivity index (χ4n) is 3.12. The van der Waals surface area contributed by atoms with Crippen molar-refractivity contribution in [3.63, 3.8) is 0 Å². The van der Waals surface area contributed by atoms with Crippen LogP contribution in [-0.2, 0) is 0 Å². The van der Waals surface area contributed by atoms with Crippen molar-refractivity contribution >= 4 is 17.5 Å². The second kappa shape index (κ2) is 6.41. The Bertz CT molecular complexity index is 502. The van der Waals surface area contributed by atoms with Crippen molar-refractivity contribution < 1.29 is 4.79 Å². The van der Waals surface area contributed by atoms with Gasteiger partial charge >= 0.3 is 0 Å². The van der Waals surface area contributed by atoms with E-state index >= 15 is 0 Å². The van der Waals surface area contributed by atoms with E-state index in [1.807, 2.05) is 17.2 Å². The number of halogens is 1. The summed E-state index contributed by atoms with van der Waals surface area (Å²) in [5, 5.41) is 4.08. The number of hydrogen-bond donors (Lipinski definition) is 1. The zero-order valence-corrected chi connectivity index (χ0v) is 13.4. The second-order valence-corrected chi connectivity index (χ2v) is 6.66. The van der Waals surface area contributed by atoms with Crippen LogP contribution in [-0.4, -0.2) is 41.6 Å². The quantitative estimate of drug-likeness (QED) is 0.908. The number of rotatable bonds is 5. The zero-order valence-electron chi connectivity index (χ0n) is 12.6. The minimum atomic E-state index is 0.149. The van der Waals surface area contributed by atoms with Gasteiger partial charge in [-0.3, -0.25) is 4.79 Å². The van der Waals surface area contributed by atoms with Crippen LogP contribution in [0.4, 0.5) is 0 Å². The molecule has 1 saturated carbocycles. The van der Waals surface area contributed by atoms with Gasteiger partial charge in [-0.15, -0.1) is 0 Å². The van der Waals surface area contributed by atoms with Crippen molar-refractivity contribution in [2.24, 2.45) is 5.92 Å². The van der Waals surface area contributed by atoms with Crippen LogP contribution in [0.5, 0.6) is 0 Å². The Morgan fingerprint density at radius 1 is 1.33 bits per heavy atom. The van der Waals surface area contributed by atoms with E-state index in [1.54, 1.807) is 0 Å². The summed E-state index contributed by atoms with van der Waals surface area (Å²) in [6, 6.07) is 2.31. The Balaban J connectivity index is 1.61. The molecule has 1 aliphatic heterocycles. The highest BCUT2D eigenvalue weighted by Gasteiger charge is 2.31. The summed E-state index contributed by atoms with van der Waals surface area (Å²) in [5.41, 5.74) is 0.771. The number of carbonyl (C=O) groups excluding carboxylic acids is 1. The molecule has 0 spiro atoms. The number of hydrogen-bond acceptors (Lipinski definition) is 2. The van der Waals surface area contributed by atoms with Crippen LogP contribution >= 0.6 is 11.6 Å². The smallest absolute Gasteiger partial charge is 0.270 e. The molecule has 116 valence electrons. The molecule has 1 aromatic heterocycles. The Labute approximate surface area is 131 Å². The van der Waals surface area contributed by atoms with Crippen molar-refractivity contribution in [1.29, 1.82) is 0 Å². The van der Waals surface area contributed by atoms with Gasteiger partial charge in [-0.1, -0.05) is 18.5 Å². The van der Waals surface area contributed by atoms with Crippen molar-refractivity contribution in [2.75, 3.05) is 26.2 Å². The topological polar surface area (TPSA) is 37.3 Å². The van der Waals surface area contributed by atoms with E-state index in [0.717, 1.165) is 57.6 Å². The molecule has 2 aliphatic rings. The number of likely N-dealkylation sites (tertiary alicyclic amines) is 1. The molecule has 0 atom stereocenters. The van der Waals surface area contributed by atoms with Gasteiger partial charge in [-0.25, -0.2) is 0 Å². The molecule has 4 nitrogen and oxygen atoms in total. The molecule has 21 heavy (non-hydrogen) atoms. The number of nitrogens with zero attached hydrogens (tertiary/aromatic N) is 2. The molecule has 0 bridgehead atoms. The SMILES string of the molecule is CCNCC1CCN(C(=O)c2cc(Cl)cn2C2CC2)CC1. The standard InChI is InChI=1S/C16H24ClN3O/c1-2-18-10-12-5-7-19(8-6-12)16(21)15-9-13(17)11-20(15)14-3-4-14/h9,11-12,14,18H,2-8,10H2,1H3. The molecule has 0 radical (unpaired) electrons. The Hall–Kier alpha value is -1.00. The van der Waals surface area contributed by atoms with Crippen molar-refractivity contribution in [3.8, 4) is 0 Å². The number of aromatic nitrogens is 1. The first-order chi connectivity index (χ1) is 10.2. The van der Waals surface area contributed by atoms with Gasteiger partial charge in [0, 0.05) is 25.3 Å². The molecule has 2 fully saturated rings. The van der Waals surface area contributed by atoms with Gasteiger partial charge < -0.3 is 14.8 Å². The predicted molar refractivity (Wildman–Crippen MR) is 84.9 cm³/mol. The second-order valence-electron chi connectivity index (χ2n) is 6.23. The lowest BCUT2D eigenvalue weighted by molar-refractivity contribution is 0.0679. The number of carbonyl (C=O) groups is 1.